The average molecular weight is 413 g/mol. The Morgan fingerprint density at radius 2 is 1.66 bits per heavy atom. The largest absolute Gasteiger partial charge is 0.349 e. The first-order valence-electron chi connectivity index (χ1n) is 10.1. The number of fused-ring (bicyclic) bond motifs is 2. The van der Waals surface area contributed by atoms with Gasteiger partial charge in [-0.05, 0) is 72.4 Å². The molecular formula is C23H28N2O3S. The Morgan fingerprint density at radius 1 is 1.00 bits per heavy atom. The Labute approximate surface area is 173 Å². The van der Waals surface area contributed by atoms with Gasteiger partial charge in [-0.1, -0.05) is 39.0 Å². The zero-order valence-corrected chi connectivity index (χ0v) is 17.9. The zero-order valence-electron chi connectivity index (χ0n) is 17.1. The van der Waals surface area contributed by atoms with Gasteiger partial charge in [-0.15, -0.1) is 0 Å². The molecule has 2 bridgehead atoms. The third-order valence-electron chi connectivity index (χ3n) is 7.55. The van der Waals surface area contributed by atoms with Crippen LogP contribution in [0.15, 0.2) is 59.5 Å². The highest BCUT2D eigenvalue weighted by Gasteiger charge is 2.61. The van der Waals surface area contributed by atoms with Gasteiger partial charge in [0.1, 0.15) is 0 Å². The summed E-state index contributed by atoms with van der Waals surface area (Å²) in [5.74, 6) is 0.560. The summed E-state index contributed by atoms with van der Waals surface area (Å²) in [5.41, 5.74) is 1.33. The molecule has 2 aromatic carbocycles. The molecule has 29 heavy (non-hydrogen) atoms. The number of hydrogen-bond donors (Lipinski definition) is 2. The van der Waals surface area contributed by atoms with E-state index in [9.17, 15) is 13.2 Å². The normalized spacial score (nSPS) is 27.6. The van der Waals surface area contributed by atoms with E-state index in [1.165, 1.54) is 6.42 Å². The van der Waals surface area contributed by atoms with E-state index >= 15 is 0 Å². The molecule has 0 aromatic heterocycles. The second-order valence-electron chi connectivity index (χ2n) is 9.13. The fourth-order valence-electron chi connectivity index (χ4n) is 5.17. The summed E-state index contributed by atoms with van der Waals surface area (Å²) in [6.07, 6.45) is 3.42. The highest BCUT2D eigenvalue weighted by molar-refractivity contribution is 7.92. The fourth-order valence-corrected chi connectivity index (χ4v) is 6.25. The first-order chi connectivity index (χ1) is 13.6. The van der Waals surface area contributed by atoms with Gasteiger partial charge in [0, 0.05) is 17.3 Å². The van der Waals surface area contributed by atoms with Gasteiger partial charge in [0.05, 0.1) is 4.90 Å². The van der Waals surface area contributed by atoms with Crippen LogP contribution in [0.2, 0.25) is 0 Å². The van der Waals surface area contributed by atoms with Gasteiger partial charge < -0.3 is 5.32 Å². The minimum Gasteiger partial charge on any atom is -0.349 e. The lowest BCUT2D eigenvalue weighted by Gasteiger charge is -2.39. The molecule has 2 aliphatic rings. The van der Waals surface area contributed by atoms with E-state index in [4.69, 9.17) is 0 Å². The Bertz CT molecular complexity index is 1020. The molecule has 0 radical (unpaired) electrons. The second kappa shape index (κ2) is 6.87. The molecule has 1 amide bonds. The summed E-state index contributed by atoms with van der Waals surface area (Å²) < 4.78 is 27.4. The van der Waals surface area contributed by atoms with Crippen LogP contribution in [0.3, 0.4) is 0 Å². The highest BCUT2D eigenvalue weighted by Crippen LogP contribution is 2.65. The number of sulfonamides is 1. The Morgan fingerprint density at radius 3 is 2.21 bits per heavy atom. The number of hydrogen-bond acceptors (Lipinski definition) is 3. The molecule has 2 aromatic rings. The molecule has 0 spiro atoms. The van der Waals surface area contributed by atoms with Crippen molar-refractivity contribution in [1.29, 1.82) is 0 Å². The summed E-state index contributed by atoms with van der Waals surface area (Å²) in [5, 5.41) is 3.24. The van der Waals surface area contributed by atoms with Gasteiger partial charge in [0.25, 0.3) is 15.9 Å². The lowest BCUT2D eigenvalue weighted by atomic mass is 9.69. The van der Waals surface area contributed by atoms with Crippen molar-refractivity contribution in [3.8, 4) is 0 Å². The van der Waals surface area contributed by atoms with Crippen molar-refractivity contribution >= 4 is 21.6 Å². The van der Waals surface area contributed by atoms with Crippen LogP contribution < -0.4 is 10.0 Å². The van der Waals surface area contributed by atoms with E-state index < -0.39 is 10.0 Å². The van der Waals surface area contributed by atoms with Crippen molar-refractivity contribution in [3.63, 3.8) is 0 Å². The minimum atomic E-state index is -3.64. The molecule has 6 heteroatoms. The van der Waals surface area contributed by atoms with Gasteiger partial charge >= 0.3 is 0 Å². The Balaban J connectivity index is 1.44. The summed E-state index contributed by atoms with van der Waals surface area (Å²) in [7, 11) is -3.64. The molecule has 5 nitrogen and oxygen atoms in total. The number of carbonyl (C=O) groups excluding carboxylic acids is 1. The van der Waals surface area contributed by atoms with Crippen LogP contribution in [0.25, 0.3) is 0 Å². The van der Waals surface area contributed by atoms with E-state index in [1.54, 1.807) is 54.6 Å². The maximum atomic E-state index is 12.8. The summed E-state index contributed by atoms with van der Waals surface area (Å²) in [4.78, 5) is 13.0. The first kappa shape index (κ1) is 20.0. The number of carbonyl (C=O) groups is 1. The molecule has 0 aliphatic heterocycles. The van der Waals surface area contributed by atoms with E-state index in [1.807, 2.05) is 0 Å². The number of nitrogens with one attached hydrogen (secondary N) is 2. The number of rotatable bonds is 5. The van der Waals surface area contributed by atoms with Crippen molar-refractivity contribution < 1.29 is 13.2 Å². The van der Waals surface area contributed by atoms with Crippen LogP contribution in [0, 0.1) is 16.7 Å². The van der Waals surface area contributed by atoms with Gasteiger partial charge in [0.15, 0.2) is 0 Å². The molecule has 154 valence electrons. The smallest absolute Gasteiger partial charge is 0.261 e. The lowest BCUT2D eigenvalue weighted by molar-refractivity contribution is 0.0826. The van der Waals surface area contributed by atoms with Crippen LogP contribution in [-0.4, -0.2) is 20.4 Å². The predicted octanol–water partition coefficient (Wildman–Crippen LogP) is 4.43. The fraction of sp³-hybridized carbons (Fsp3) is 0.435. The maximum absolute atomic E-state index is 12.8. The lowest BCUT2D eigenvalue weighted by Crippen LogP contribution is -2.46. The molecule has 2 N–H and O–H groups in total. The number of amides is 1. The summed E-state index contributed by atoms with van der Waals surface area (Å²) in [6, 6.07) is 15.0. The summed E-state index contributed by atoms with van der Waals surface area (Å²) in [6.45, 7) is 6.95. The molecule has 3 atom stereocenters. The van der Waals surface area contributed by atoms with Crippen molar-refractivity contribution in [1.82, 2.24) is 5.32 Å². The topological polar surface area (TPSA) is 75.3 Å². The minimum absolute atomic E-state index is 0.1000. The molecule has 0 saturated heterocycles. The van der Waals surface area contributed by atoms with Crippen LogP contribution >= 0.6 is 0 Å². The zero-order chi connectivity index (χ0) is 20.9. The number of anilines is 1. The molecule has 2 fully saturated rings. The van der Waals surface area contributed by atoms with Crippen molar-refractivity contribution in [2.75, 3.05) is 4.72 Å². The van der Waals surface area contributed by atoms with Gasteiger partial charge in [-0.25, -0.2) is 8.42 Å². The van der Waals surface area contributed by atoms with Crippen LogP contribution in [0.1, 0.15) is 50.4 Å². The highest BCUT2D eigenvalue weighted by atomic mass is 32.2. The Kier molecular flexibility index (Phi) is 4.73. The second-order valence-corrected chi connectivity index (χ2v) is 10.8. The average Bonchev–Trinajstić information content (AvgIpc) is 3.02. The third-order valence-corrected chi connectivity index (χ3v) is 8.95. The van der Waals surface area contributed by atoms with E-state index in [2.05, 4.69) is 30.8 Å². The molecule has 3 unspecified atom stereocenters. The molecule has 0 heterocycles. The first-order valence-corrected chi connectivity index (χ1v) is 11.6. The van der Waals surface area contributed by atoms with Crippen LogP contribution in [0.4, 0.5) is 5.69 Å². The molecular weight excluding hydrogens is 384 g/mol. The number of benzene rings is 2. The maximum Gasteiger partial charge on any atom is 0.261 e. The predicted molar refractivity (Wildman–Crippen MR) is 114 cm³/mol. The van der Waals surface area contributed by atoms with Crippen molar-refractivity contribution in [2.24, 2.45) is 16.7 Å². The van der Waals surface area contributed by atoms with Crippen LogP contribution in [0.5, 0.6) is 0 Å². The standard InChI is InChI=1S/C23H28N2O3S/c1-22(2)17-13-14-23(22,3)20(15-17)24-21(26)16-9-11-18(12-10-16)25-29(27,28)19-7-5-4-6-8-19/h4-12,17,20,25H,13-15H2,1-3H3,(H,24,26). The SMILES string of the molecule is CC1(C)C2CCC1(C)C(NC(=O)c1ccc(NS(=O)(=O)c3ccccc3)cc1)C2. The Hall–Kier alpha value is -2.34. The van der Waals surface area contributed by atoms with Gasteiger partial charge in [-0.3, -0.25) is 9.52 Å². The van der Waals surface area contributed by atoms with Crippen molar-refractivity contribution in [2.45, 2.75) is 51.0 Å². The van der Waals surface area contributed by atoms with Gasteiger partial charge in [-0.2, -0.15) is 0 Å². The molecule has 2 saturated carbocycles. The van der Waals surface area contributed by atoms with E-state index in [-0.39, 0.29) is 27.7 Å². The quantitative estimate of drug-likeness (QED) is 0.763. The summed E-state index contributed by atoms with van der Waals surface area (Å²) >= 11 is 0. The van der Waals surface area contributed by atoms with E-state index in [0.717, 1.165) is 12.8 Å². The van der Waals surface area contributed by atoms with Crippen LogP contribution in [-0.2, 0) is 10.0 Å². The third kappa shape index (κ3) is 3.33. The van der Waals surface area contributed by atoms with Crippen molar-refractivity contribution in [3.05, 3.63) is 60.2 Å². The van der Waals surface area contributed by atoms with E-state index in [0.29, 0.717) is 17.2 Å². The van der Waals surface area contributed by atoms with Gasteiger partial charge in [0.2, 0.25) is 0 Å². The molecule has 2 aliphatic carbocycles. The monoisotopic (exact) mass is 412 g/mol. The molecule has 4 rings (SSSR count).